The van der Waals surface area contributed by atoms with E-state index in [0.717, 1.165) is 17.9 Å². The fraction of sp³-hybridized carbons (Fsp3) is 0.481. The molecule has 6 heteroatoms. The van der Waals surface area contributed by atoms with Gasteiger partial charge in [-0.05, 0) is 74.1 Å². The van der Waals surface area contributed by atoms with E-state index in [2.05, 4.69) is 85.0 Å². The number of nitriles is 1. The predicted octanol–water partition coefficient (Wildman–Crippen LogP) is 4.68. The molecule has 1 amide bonds. The number of hydrogen-bond acceptors (Lipinski definition) is 5. The van der Waals surface area contributed by atoms with Gasteiger partial charge in [0, 0.05) is 17.5 Å². The molecular weight excluding hydrogens is 428 g/mol. The molecule has 0 radical (unpaired) electrons. The quantitative estimate of drug-likeness (QED) is 0.395. The molecule has 1 fully saturated rings. The van der Waals surface area contributed by atoms with Gasteiger partial charge in [0.1, 0.15) is 6.54 Å². The third kappa shape index (κ3) is 8.19. The topological polar surface area (TPSA) is 68.2 Å². The standard InChI is InChI=1S/C27H36N4OS/c1-20(2)18-26(27(32)29-15-14-28)33-25-10-8-23(9-11-25)22-6-4-21(5-7-22)19-30-24-12-16-31(3)17-13-24/h4-11,20,24,26,30H,12-13,15-19H2,1-3H3,(H,29,32). The van der Waals surface area contributed by atoms with E-state index in [9.17, 15) is 4.79 Å². The number of amides is 1. The van der Waals surface area contributed by atoms with Gasteiger partial charge in [-0.3, -0.25) is 4.79 Å². The molecule has 5 nitrogen and oxygen atoms in total. The lowest BCUT2D eigenvalue weighted by Gasteiger charge is -2.29. The smallest absolute Gasteiger partial charge is 0.234 e. The SMILES string of the molecule is CC(C)CC(Sc1ccc(-c2ccc(CNC3CCN(C)CC3)cc2)cc1)C(=O)NCC#N. The Morgan fingerprint density at radius 1 is 1.09 bits per heavy atom. The zero-order chi connectivity index (χ0) is 23.6. The van der Waals surface area contributed by atoms with Gasteiger partial charge in [0.2, 0.25) is 5.91 Å². The summed E-state index contributed by atoms with van der Waals surface area (Å²) in [5.74, 6) is 0.339. The van der Waals surface area contributed by atoms with E-state index in [-0.39, 0.29) is 17.7 Å². The molecule has 2 aromatic carbocycles. The van der Waals surface area contributed by atoms with Gasteiger partial charge in [-0.1, -0.05) is 50.2 Å². The lowest BCUT2D eigenvalue weighted by molar-refractivity contribution is -0.120. The van der Waals surface area contributed by atoms with Crippen LogP contribution in [0.4, 0.5) is 0 Å². The van der Waals surface area contributed by atoms with Crippen molar-refractivity contribution < 1.29 is 4.79 Å². The van der Waals surface area contributed by atoms with Gasteiger partial charge in [0.15, 0.2) is 0 Å². The molecule has 3 rings (SSSR count). The number of nitrogens with zero attached hydrogens (tertiary/aromatic N) is 2. The first kappa shape index (κ1) is 25.3. The molecule has 1 atom stereocenters. The first-order valence-corrected chi connectivity index (χ1v) is 12.7. The zero-order valence-electron chi connectivity index (χ0n) is 20.0. The molecule has 0 saturated carbocycles. The molecule has 2 N–H and O–H groups in total. The largest absolute Gasteiger partial charge is 0.342 e. The second kappa shape index (κ2) is 12.8. The van der Waals surface area contributed by atoms with Crippen molar-refractivity contribution in [1.29, 1.82) is 5.26 Å². The highest BCUT2D eigenvalue weighted by Crippen LogP contribution is 2.30. The van der Waals surface area contributed by atoms with Gasteiger partial charge >= 0.3 is 0 Å². The van der Waals surface area contributed by atoms with Crippen molar-refractivity contribution in [1.82, 2.24) is 15.5 Å². The number of rotatable bonds is 10. The average molecular weight is 465 g/mol. The minimum atomic E-state index is -0.194. The van der Waals surface area contributed by atoms with E-state index in [1.807, 2.05) is 6.07 Å². The van der Waals surface area contributed by atoms with Gasteiger partial charge in [-0.25, -0.2) is 0 Å². The van der Waals surface area contributed by atoms with Crippen LogP contribution in [0.3, 0.4) is 0 Å². The van der Waals surface area contributed by atoms with Crippen molar-refractivity contribution in [2.24, 2.45) is 5.92 Å². The lowest BCUT2D eigenvalue weighted by Crippen LogP contribution is -2.40. The van der Waals surface area contributed by atoms with Gasteiger partial charge in [0.05, 0.1) is 11.3 Å². The number of thioether (sulfide) groups is 1. The van der Waals surface area contributed by atoms with Crippen LogP contribution in [-0.4, -0.2) is 48.8 Å². The Bertz CT molecular complexity index is 913. The summed E-state index contributed by atoms with van der Waals surface area (Å²) in [4.78, 5) is 15.9. The van der Waals surface area contributed by atoms with Crippen LogP contribution in [0.2, 0.25) is 0 Å². The number of benzene rings is 2. The third-order valence-corrected chi connectivity index (χ3v) is 7.29. The van der Waals surface area contributed by atoms with E-state index in [4.69, 9.17) is 5.26 Å². The maximum atomic E-state index is 12.4. The van der Waals surface area contributed by atoms with Crippen LogP contribution in [0.25, 0.3) is 11.1 Å². The zero-order valence-corrected chi connectivity index (χ0v) is 20.8. The van der Waals surface area contributed by atoms with Crippen molar-refractivity contribution in [2.45, 2.75) is 55.8 Å². The van der Waals surface area contributed by atoms with E-state index in [0.29, 0.717) is 12.0 Å². The first-order valence-electron chi connectivity index (χ1n) is 11.9. The van der Waals surface area contributed by atoms with E-state index in [1.165, 1.54) is 42.6 Å². The van der Waals surface area contributed by atoms with Crippen LogP contribution in [0.1, 0.15) is 38.7 Å². The fourth-order valence-electron chi connectivity index (χ4n) is 4.06. The highest BCUT2D eigenvalue weighted by Gasteiger charge is 2.21. The summed E-state index contributed by atoms with van der Waals surface area (Å²) in [7, 11) is 2.19. The molecule has 33 heavy (non-hydrogen) atoms. The van der Waals surface area contributed by atoms with Gasteiger partial charge in [-0.2, -0.15) is 5.26 Å². The Balaban J connectivity index is 1.56. The van der Waals surface area contributed by atoms with Crippen molar-refractivity contribution in [2.75, 3.05) is 26.7 Å². The van der Waals surface area contributed by atoms with Gasteiger partial charge in [0.25, 0.3) is 0 Å². The minimum Gasteiger partial charge on any atom is -0.342 e. The number of nitrogens with one attached hydrogen (secondary N) is 2. The summed E-state index contributed by atoms with van der Waals surface area (Å²) >= 11 is 1.57. The Hall–Kier alpha value is -2.33. The molecule has 1 aliphatic rings. The van der Waals surface area contributed by atoms with Gasteiger partial charge < -0.3 is 15.5 Å². The molecule has 2 aromatic rings. The van der Waals surface area contributed by atoms with Crippen LogP contribution in [0.15, 0.2) is 53.4 Å². The second-order valence-corrected chi connectivity index (χ2v) is 10.6. The molecule has 0 aliphatic carbocycles. The summed E-state index contributed by atoms with van der Waals surface area (Å²) in [6.07, 6.45) is 3.21. The molecule has 1 saturated heterocycles. The van der Waals surface area contributed by atoms with E-state index < -0.39 is 0 Å². The molecule has 1 heterocycles. The number of likely N-dealkylation sites (tertiary alicyclic amines) is 1. The summed E-state index contributed by atoms with van der Waals surface area (Å²) in [6, 6.07) is 19.8. The number of carbonyl (C=O) groups excluding carboxylic acids is 1. The van der Waals surface area contributed by atoms with Crippen molar-refractivity contribution in [3.05, 3.63) is 54.1 Å². The summed E-state index contributed by atoms with van der Waals surface area (Å²) in [5, 5.41) is 15.0. The molecule has 0 aromatic heterocycles. The van der Waals surface area contributed by atoms with Crippen LogP contribution >= 0.6 is 11.8 Å². The van der Waals surface area contributed by atoms with Crippen LogP contribution < -0.4 is 10.6 Å². The minimum absolute atomic E-state index is 0.0520. The predicted molar refractivity (Wildman–Crippen MR) is 137 cm³/mol. The van der Waals surface area contributed by atoms with Crippen molar-refractivity contribution in [3.8, 4) is 17.2 Å². The Morgan fingerprint density at radius 3 is 2.27 bits per heavy atom. The van der Waals surface area contributed by atoms with Crippen molar-refractivity contribution in [3.63, 3.8) is 0 Å². The Kier molecular flexibility index (Phi) is 9.80. The first-order chi connectivity index (χ1) is 15.9. The van der Waals surface area contributed by atoms with E-state index in [1.54, 1.807) is 11.8 Å². The highest BCUT2D eigenvalue weighted by atomic mass is 32.2. The molecule has 1 unspecified atom stereocenters. The lowest BCUT2D eigenvalue weighted by atomic mass is 10.0. The molecule has 0 bridgehead atoms. The van der Waals surface area contributed by atoms with Gasteiger partial charge in [-0.15, -0.1) is 11.8 Å². The molecule has 176 valence electrons. The number of piperidine rings is 1. The normalized spacial score (nSPS) is 15.8. The maximum Gasteiger partial charge on any atom is 0.234 e. The van der Waals surface area contributed by atoms with Crippen molar-refractivity contribution >= 4 is 17.7 Å². The molecular formula is C27H36N4OS. The summed E-state index contributed by atoms with van der Waals surface area (Å²) < 4.78 is 0. The number of hydrogen-bond donors (Lipinski definition) is 2. The monoisotopic (exact) mass is 464 g/mol. The summed E-state index contributed by atoms with van der Waals surface area (Å²) in [6.45, 7) is 7.54. The molecule has 0 spiro atoms. The molecule has 1 aliphatic heterocycles. The third-order valence-electron chi connectivity index (χ3n) is 6.05. The Labute approximate surface area is 202 Å². The van der Waals surface area contributed by atoms with Crippen LogP contribution in [0.5, 0.6) is 0 Å². The van der Waals surface area contributed by atoms with E-state index >= 15 is 0 Å². The fourth-order valence-corrected chi connectivity index (χ4v) is 5.35. The Morgan fingerprint density at radius 2 is 1.70 bits per heavy atom. The maximum absolute atomic E-state index is 12.4. The second-order valence-electron chi connectivity index (χ2n) is 9.29. The van der Waals surface area contributed by atoms with Crippen LogP contribution in [-0.2, 0) is 11.3 Å². The number of carbonyl (C=O) groups is 1. The summed E-state index contributed by atoms with van der Waals surface area (Å²) in [5.41, 5.74) is 3.67. The van der Waals surface area contributed by atoms with Crippen LogP contribution in [0, 0.1) is 17.2 Å². The highest BCUT2D eigenvalue weighted by molar-refractivity contribution is 8.00. The average Bonchev–Trinajstić information content (AvgIpc) is 2.82.